The molecule has 3 nitrogen and oxygen atoms in total. The maximum Gasteiger partial charge on any atom is 0.193 e. The van der Waals surface area contributed by atoms with Gasteiger partial charge in [0.15, 0.2) is 5.96 Å². The molecule has 0 bridgehead atoms. The number of rotatable bonds is 5. The first-order chi connectivity index (χ1) is 8.71. The van der Waals surface area contributed by atoms with Crippen molar-refractivity contribution in [1.82, 2.24) is 10.2 Å². The summed E-state index contributed by atoms with van der Waals surface area (Å²) in [4.78, 5) is 6.64. The Hall–Kier alpha value is -1.51. The smallest absolute Gasteiger partial charge is 0.193 e. The lowest BCUT2D eigenvalue weighted by molar-refractivity contribution is 0.477. The maximum absolute atomic E-state index is 4.48. The van der Waals surface area contributed by atoms with Crippen LogP contribution in [0.25, 0.3) is 0 Å². The first kappa shape index (κ1) is 14.6. The Balaban J connectivity index is 2.66. The molecule has 0 heterocycles. The van der Waals surface area contributed by atoms with Crippen LogP contribution >= 0.6 is 0 Å². The third-order valence-corrected chi connectivity index (χ3v) is 2.86. The van der Waals surface area contributed by atoms with Crippen molar-refractivity contribution in [3.05, 3.63) is 35.4 Å². The van der Waals surface area contributed by atoms with E-state index in [-0.39, 0.29) is 0 Å². The average molecular weight is 247 g/mol. The highest BCUT2D eigenvalue weighted by Crippen LogP contribution is 2.07. The summed E-state index contributed by atoms with van der Waals surface area (Å²) in [5.74, 6) is 0.972. The summed E-state index contributed by atoms with van der Waals surface area (Å²) in [6.45, 7) is 8.92. The van der Waals surface area contributed by atoms with Crippen LogP contribution in [0.4, 0.5) is 0 Å². The molecule has 0 atom stereocenters. The van der Waals surface area contributed by atoms with Gasteiger partial charge in [0, 0.05) is 26.7 Å². The van der Waals surface area contributed by atoms with Gasteiger partial charge in [0.05, 0.1) is 0 Å². The SMILES string of the molecule is CCN=C(NCC)N(C)Cc1ccc(CC)cc1. The van der Waals surface area contributed by atoms with Crippen molar-refractivity contribution >= 4 is 5.96 Å². The Morgan fingerprint density at radius 3 is 2.22 bits per heavy atom. The van der Waals surface area contributed by atoms with Crippen LogP contribution in [0.15, 0.2) is 29.3 Å². The van der Waals surface area contributed by atoms with Gasteiger partial charge in [0.1, 0.15) is 0 Å². The van der Waals surface area contributed by atoms with E-state index in [2.05, 4.69) is 67.3 Å². The molecule has 1 rings (SSSR count). The molecule has 0 saturated heterocycles. The number of hydrogen-bond acceptors (Lipinski definition) is 1. The molecule has 0 aromatic heterocycles. The average Bonchev–Trinajstić information content (AvgIpc) is 2.39. The van der Waals surface area contributed by atoms with Gasteiger partial charge < -0.3 is 10.2 Å². The molecular weight excluding hydrogens is 222 g/mol. The lowest BCUT2D eigenvalue weighted by Crippen LogP contribution is -2.38. The molecule has 0 unspecified atom stereocenters. The van der Waals surface area contributed by atoms with Crippen molar-refractivity contribution in [3.8, 4) is 0 Å². The Kier molecular flexibility index (Phi) is 6.26. The number of benzene rings is 1. The Morgan fingerprint density at radius 1 is 1.11 bits per heavy atom. The van der Waals surface area contributed by atoms with Crippen LogP contribution in [0, 0.1) is 0 Å². The van der Waals surface area contributed by atoms with E-state index in [1.54, 1.807) is 0 Å². The Labute approximate surface area is 111 Å². The highest BCUT2D eigenvalue weighted by Gasteiger charge is 2.05. The Bertz CT molecular complexity index is 368. The standard InChI is InChI=1S/C15H25N3/c1-5-13-8-10-14(11-9-13)12-18(4)15(16-6-2)17-7-3/h8-11H,5-7,12H2,1-4H3,(H,16,17). The van der Waals surface area contributed by atoms with E-state index in [4.69, 9.17) is 0 Å². The molecule has 100 valence electrons. The highest BCUT2D eigenvalue weighted by atomic mass is 15.3. The summed E-state index contributed by atoms with van der Waals surface area (Å²) in [5, 5.41) is 3.30. The number of hydrogen-bond donors (Lipinski definition) is 1. The maximum atomic E-state index is 4.48. The molecular formula is C15H25N3. The molecule has 18 heavy (non-hydrogen) atoms. The van der Waals surface area contributed by atoms with Gasteiger partial charge >= 0.3 is 0 Å². The van der Waals surface area contributed by atoms with Crippen LogP contribution in [0.1, 0.15) is 31.9 Å². The summed E-state index contributed by atoms with van der Waals surface area (Å²) >= 11 is 0. The summed E-state index contributed by atoms with van der Waals surface area (Å²) < 4.78 is 0. The van der Waals surface area contributed by atoms with Crippen LogP contribution in [0.3, 0.4) is 0 Å². The van der Waals surface area contributed by atoms with E-state index >= 15 is 0 Å². The molecule has 0 saturated carbocycles. The molecule has 0 aliphatic carbocycles. The summed E-state index contributed by atoms with van der Waals surface area (Å²) in [6.07, 6.45) is 1.09. The summed E-state index contributed by atoms with van der Waals surface area (Å²) in [6, 6.07) is 8.80. The van der Waals surface area contributed by atoms with Gasteiger partial charge in [0.25, 0.3) is 0 Å². The van der Waals surface area contributed by atoms with Crippen LogP contribution < -0.4 is 5.32 Å². The fourth-order valence-electron chi connectivity index (χ4n) is 1.85. The molecule has 3 heteroatoms. The van der Waals surface area contributed by atoms with Gasteiger partial charge in [-0.25, -0.2) is 0 Å². The minimum Gasteiger partial charge on any atom is -0.357 e. The normalized spacial score (nSPS) is 11.4. The third kappa shape index (κ3) is 4.40. The zero-order valence-electron chi connectivity index (χ0n) is 12.0. The van der Waals surface area contributed by atoms with Crippen molar-refractivity contribution in [2.24, 2.45) is 4.99 Å². The fraction of sp³-hybridized carbons (Fsp3) is 0.533. The second-order valence-corrected chi connectivity index (χ2v) is 4.35. The number of aliphatic imine (C=N–C) groups is 1. The zero-order chi connectivity index (χ0) is 13.4. The van der Waals surface area contributed by atoms with Crippen LogP contribution in [0.2, 0.25) is 0 Å². The highest BCUT2D eigenvalue weighted by molar-refractivity contribution is 5.79. The van der Waals surface area contributed by atoms with Gasteiger partial charge in [-0.05, 0) is 31.4 Å². The van der Waals surface area contributed by atoms with Gasteiger partial charge in [-0.15, -0.1) is 0 Å². The van der Waals surface area contributed by atoms with Crippen molar-refractivity contribution in [3.63, 3.8) is 0 Å². The lowest BCUT2D eigenvalue weighted by atomic mass is 10.1. The molecule has 1 aromatic carbocycles. The molecule has 0 amide bonds. The van der Waals surface area contributed by atoms with E-state index in [0.29, 0.717) is 0 Å². The second-order valence-electron chi connectivity index (χ2n) is 4.35. The number of nitrogens with zero attached hydrogens (tertiary/aromatic N) is 2. The van der Waals surface area contributed by atoms with Crippen LogP contribution in [-0.4, -0.2) is 31.0 Å². The second kappa shape index (κ2) is 7.75. The van der Waals surface area contributed by atoms with E-state index in [1.807, 2.05) is 0 Å². The Morgan fingerprint density at radius 2 is 1.72 bits per heavy atom. The summed E-state index contributed by atoms with van der Waals surface area (Å²) in [5.41, 5.74) is 2.70. The van der Waals surface area contributed by atoms with Gasteiger partial charge in [-0.3, -0.25) is 4.99 Å². The number of aryl methyl sites for hydroxylation is 1. The summed E-state index contributed by atoms with van der Waals surface area (Å²) in [7, 11) is 2.07. The predicted octanol–water partition coefficient (Wildman–Crippen LogP) is 2.67. The van der Waals surface area contributed by atoms with E-state index in [9.17, 15) is 0 Å². The molecule has 0 spiro atoms. The molecule has 0 aliphatic heterocycles. The fourth-order valence-corrected chi connectivity index (χ4v) is 1.85. The van der Waals surface area contributed by atoms with Crippen molar-refractivity contribution < 1.29 is 0 Å². The zero-order valence-corrected chi connectivity index (χ0v) is 12.0. The van der Waals surface area contributed by atoms with Gasteiger partial charge in [-0.1, -0.05) is 31.2 Å². The van der Waals surface area contributed by atoms with Crippen molar-refractivity contribution in [2.75, 3.05) is 20.1 Å². The molecule has 1 aromatic rings. The predicted molar refractivity (Wildman–Crippen MR) is 78.9 cm³/mol. The minimum absolute atomic E-state index is 0.807. The lowest BCUT2D eigenvalue weighted by Gasteiger charge is -2.22. The minimum atomic E-state index is 0.807. The number of guanidine groups is 1. The topological polar surface area (TPSA) is 27.6 Å². The van der Waals surface area contributed by atoms with E-state index < -0.39 is 0 Å². The van der Waals surface area contributed by atoms with E-state index in [1.165, 1.54) is 11.1 Å². The number of nitrogens with one attached hydrogen (secondary N) is 1. The van der Waals surface area contributed by atoms with Crippen molar-refractivity contribution in [1.29, 1.82) is 0 Å². The first-order valence-electron chi connectivity index (χ1n) is 6.78. The van der Waals surface area contributed by atoms with Crippen LogP contribution in [0.5, 0.6) is 0 Å². The monoisotopic (exact) mass is 247 g/mol. The van der Waals surface area contributed by atoms with Crippen LogP contribution in [-0.2, 0) is 13.0 Å². The molecule has 0 fully saturated rings. The molecule has 0 radical (unpaired) electrons. The molecule has 0 aliphatic rings. The first-order valence-corrected chi connectivity index (χ1v) is 6.78. The van der Waals surface area contributed by atoms with Crippen molar-refractivity contribution in [2.45, 2.75) is 33.7 Å². The van der Waals surface area contributed by atoms with E-state index in [0.717, 1.165) is 32.0 Å². The third-order valence-electron chi connectivity index (χ3n) is 2.86. The largest absolute Gasteiger partial charge is 0.357 e. The van der Waals surface area contributed by atoms with Gasteiger partial charge in [-0.2, -0.15) is 0 Å². The quantitative estimate of drug-likeness (QED) is 0.640. The van der Waals surface area contributed by atoms with Gasteiger partial charge in [0.2, 0.25) is 0 Å². The molecule has 1 N–H and O–H groups in total.